The summed E-state index contributed by atoms with van der Waals surface area (Å²) in [6.45, 7) is 0.454. The van der Waals surface area contributed by atoms with Gasteiger partial charge in [-0.2, -0.15) is 4.31 Å². The van der Waals surface area contributed by atoms with Gasteiger partial charge in [0.1, 0.15) is 0 Å². The zero-order valence-corrected chi connectivity index (χ0v) is 11.5. The second-order valence-electron chi connectivity index (χ2n) is 5.55. The molecule has 2 fully saturated rings. The molecule has 0 aromatic heterocycles. The molecular weight excluding hydrogens is 236 g/mol. The van der Waals surface area contributed by atoms with Gasteiger partial charge in [0.05, 0.1) is 5.25 Å². The summed E-state index contributed by atoms with van der Waals surface area (Å²) in [7, 11) is -1.40. The topological polar surface area (TPSA) is 63.4 Å². The van der Waals surface area contributed by atoms with Crippen LogP contribution in [-0.2, 0) is 10.0 Å². The third-order valence-corrected chi connectivity index (χ3v) is 7.15. The molecule has 0 radical (unpaired) electrons. The van der Waals surface area contributed by atoms with Crippen LogP contribution in [0, 0.1) is 0 Å². The van der Waals surface area contributed by atoms with Crippen LogP contribution >= 0.6 is 0 Å². The van der Waals surface area contributed by atoms with Crippen LogP contribution in [0.3, 0.4) is 0 Å². The van der Waals surface area contributed by atoms with Gasteiger partial charge >= 0.3 is 0 Å². The Morgan fingerprint density at radius 1 is 1.18 bits per heavy atom. The van der Waals surface area contributed by atoms with Crippen molar-refractivity contribution in [3.05, 3.63) is 0 Å². The monoisotopic (exact) mass is 260 g/mol. The Hall–Kier alpha value is -0.130. The summed E-state index contributed by atoms with van der Waals surface area (Å²) in [6, 6.07) is 0. The van der Waals surface area contributed by atoms with Gasteiger partial charge in [-0.05, 0) is 25.7 Å². The molecule has 2 saturated carbocycles. The Balaban J connectivity index is 2.20. The van der Waals surface area contributed by atoms with E-state index in [2.05, 4.69) is 0 Å². The number of nitrogens with two attached hydrogens (primary N) is 1. The molecule has 0 bridgehead atoms. The van der Waals surface area contributed by atoms with Crippen LogP contribution in [0.15, 0.2) is 0 Å². The van der Waals surface area contributed by atoms with Crippen molar-refractivity contribution in [2.24, 2.45) is 5.73 Å². The van der Waals surface area contributed by atoms with Crippen molar-refractivity contribution in [1.82, 2.24) is 4.31 Å². The van der Waals surface area contributed by atoms with Gasteiger partial charge in [-0.15, -0.1) is 0 Å². The Kier molecular flexibility index (Phi) is 3.80. The molecule has 0 atom stereocenters. The van der Waals surface area contributed by atoms with E-state index in [0.29, 0.717) is 6.54 Å². The molecule has 2 aliphatic rings. The Morgan fingerprint density at radius 2 is 1.71 bits per heavy atom. The average molecular weight is 260 g/mol. The number of sulfonamides is 1. The van der Waals surface area contributed by atoms with Gasteiger partial charge in [-0.3, -0.25) is 0 Å². The molecule has 5 heteroatoms. The molecule has 2 aliphatic carbocycles. The summed E-state index contributed by atoms with van der Waals surface area (Å²) in [6.07, 6.45) is 7.79. The standard InChI is InChI=1S/C12H24N2O2S/c1-14(12(10-13)8-4-5-9-12)17(15,16)11-6-2-3-7-11/h11H,2-10,13H2,1H3. The van der Waals surface area contributed by atoms with Crippen LogP contribution < -0.4 is 5.73 Å². The normalized spacial score (nSPS) is 25.8. The summed E-state index contributed by atoms with van der Waals surface area (Å²) in [5.41, 5.74) is 5.57. The first-order valence-corrected chi connectivity index (χ1v) is 8.21. The third-order valence-electron chi connectivity index (χ3n) is 4.69. The highest BCUT2D eigenvalue weighted by Crippen LogP contribution is 2.38. The lowest BCUT2D eigenvalue weighted by atomic mass is 9.98. The molecule has 0 saturated heterocycles. The second kappa shape index (κ2) is 4.86. The molecule has 0 aromatic rings. The van der Waals surface area contributed by atoms with Gasteiger partial charge < -0.3 is 5.73 Å². The number of rotatable bonds is 4. The molecule has 17 heavy (non-hydrogen) atoms. The van der Waals surface area contributed by atoms with E-state index in [1.54, 1.807) is 11.4 Å². The summed E-state index contributed by atoms with van der Waals surface area (Å²) < 4.78 is 26.7. The van der Waals surface area contributed by atoms with E-state index in [-0.39, 0.29) is 10.8 Å². The van der Waals surface area contributed by atoms with Crippen LogP contribution in [0.4, 0.5) is 0 Å². The minimum Gasteiger partial charge on any atom is -0.329 e. The summed E-state index contributed by atoms with van der Waals surface area (Å²) in [4.78, 5) is 0. The van der Waals surface area contributed by atoms with Crippen LogP contribution in [0.2, 0.25) is 0 Å². The van der Waals surface area contributed by atoms with E-state index in [9.17, 15) is 8.42 Å². The van der Waals surface area contributed by atoms with Crippen molar-refractivity contribution < 1.29 is 8.42 Å². The maximum absolute atomic E-state index is 12.6. The second-order valence-corrected chi connectivity index (χ2v) is 7.80. The SMILES string of the molecule is CN(C1(CN)CCCC1)S(=O)(=O)C1CCCC1. The average Bonchev–Trinajstić information content (AvgIpc) is 3.00. The third kappa shape index (κ3) is 2.25. The molecule has 0 spiro atoms. The quantitative estimate of drug-likeness (QED) is 0.832. The molecule has 0 amide bonds. The fourth-order valence-electron chi connectivity index (χ4n) is 3.36. The maximum Gasteiger partial charge on any atom is 0.217 e. The lowest BCUT2D eigenvalue weighted by Crippen LogP contribution is -2.54. The largest absolute Gasteiger partial charge is 0.329 e. The van der Waals surface area contributed by atoms with E-state index in [1.807, 2.05) is 0 Å². The highest BCUT2D eigenvalue weighted by atomic mass is 32.2. The van der Waals surface area contributed by atoms with Crippen molar-refractivity contribution in [2.45, 2.75) is 62.2 Å². The van der Waals surface area contributed by atoms with Crippen molar-refractivity contribution in [2.75, 3.05) is 13.6 Å². The Labute approximate surface area is 105 Å². The fraction of sp³-hybridized carbons (Fsp3) is 1.00. The molecule has 0 aliphatic heterocycles. The molecular formula is C12H24N2O2S. The highest BCUT2D eigenvalue weighted by molar-refractivity contribution is 7.89. The van der Waals surface area contributed by atoms with E-state index in [1.165, 1.54) is 0 Å². The van der Waals surface area contributed by atoms with Gasteiger partial charge in [-0.1, -0.05) is 25.7 Å². The van der Waals surface area contributed by atoms with Crippen LogP contribution in [-0.4, -0.2) is 37.1 Å². The zero-order chi connectivity index (χ0) is 12.5. The number of likely N-dealkylation sites (N-methyl/N-ethyl adjacent to an activating group) is 1. The maximum atomic E-state index is 12.6. The molecule has 4 nitrogen and oxygen atoms in total. The smallest absolute Gasteiger partial charge is 0.217 e. The van der Waals surface area contributed by atoms with Gasteiger partial charge in [0.2, 0.25) is 10.0 Å². The summed E-state index contributed by atoms with van der Waals surface area (Å²) in [5.74, 6) is 0. The van der Waals surface area contributed by atoms with Gasteiger partial charge in [0.25, 0.3) is 0 Å². The van der Waals surface area contributed by atoms with E-state index >= 15 is 0 Å². The Morgan fingerprint density at radius 3 is 2.18 bits per heavy atom. The predicted molar refractivity (Wildman–Crippen MR) is 69.2 cm³/mol. The van der Waals surface area contributed by atoms with Crippen molar-refractivity contribution in [1.29, 1.82) is 0 Å². The van der Waals surface area contributed by atoms with Crippen molar-refractivity contribution in [3.63, 3.8) is 0 Å². The molecule has 0 aromatic carbocycles. The summed E-state index contributed by atoms with van der Waals surface area (Å²) >= 11 is 0. The number of nitrogens with zero attached hydrogens (tertiary/aromatic N) is 1. The van der Waals surface area contributed by atoms with Crippen molar-refractivity contribution >= 4 is 10.0 Å². The molecule has 100 valence electrons. The molecule has 0 unspecified atom stereocenters. The van der Waals surface area contributed by atoms with Gasteiger partial charge in [-0.25, -0.2) is 8.42 Å². The summed E-state index contributed by atoms with van der Waals surface area (Å²) in [5, 5.41) is -0.156. The van der Waals surface area contributed by atoms with Gasteiger partial charge in [0.15, 0.2) is 0 Å². The van der Waals surface area contributed by atoms with E-state index in [0.717, 1.165) is 51.4 Å². The first-order valence-electron chi connectivity index (χ1n) is 6.71. The number of hydrogen-bond acceptors (Lipinski definition) is 3. The van der Waals surface area contributed by atoms with Crippen LogP contribution in [0.5, 0.6) is 0 Å². The minimum atomic E-state index is -3.14. The van der Waals surface area contributed by atoms with E-state index in [4.69, 9.17) is 5.73 Å². The highest BCUT2D eigenvalue weighted by Gasteiger charge is 2.45. The van der Waals surface area contributed by atoms with Gasteiger partial charge in [0, 0.05) is 19.1 Å². The molecule has 0 heterocycles. The first-order chi connectivity index (χ1) is 8.03. The van der Waals surface area contributed by atoms with E-state index < -0.39 is 10.0 Å². The first kappa shape index (κ1) is 13.3. The van der Waals surface area contributed by atoms with Crippen LogP contribution in [0.1, 0.15) is 51.4 Å². The lowest BCUT2D eigenvalue weighted by Gasteiger charge is -2.38. The van der Waals surface area contributed by atoms with Crippen LogP contribution in [0.25, 0.3) is 0 Å². The predicted octanol–water partition coefficient (Wildman–Crippen LogP) is 1.46. The zero-order valence-electron chi connectivity index (χ0n) is 10.7. The van der Waals surface area contributed by atoms with Crippen molar-refractivity contribution in [3.8, 4) is 0 Å². The molecule has 2 N–H and O–H groups in total. The Bertz CT molecular complexity index is 355. The fourth-order valence-corrected chi connectivity index (χ4v) is 5.53. The number of hydrogen-bond donors (Lipinski definition) is 1. The molecule has 2 rings (SSSR count). The lowest BCUT2D eigenvalue weighted by molar-refractivity contribution is 0.228. The minimum absolute atomic E-state index is 0.156.